The van der Waals surface area contributed by atoms with E-state index in [1.807, 2.05) is 60.5 Å². The Morgan fingerprint density at radius 3 is 2.71 bits per heavy atom. The molecule has 9 heteroatoms. The SMILES string of the molecule is Cc1ncc2c(n1)N(CC(=O)N1CCOCC1)CCC2Nc1cccc(Oc2cccc(Cl)c2)c1. The van der Waals surface area contributed by atoms with Gasteiger partial charge in [0.05, 0.1) is 25.8 Å². The van der Waals surface area contributed by atoms with Crippen molar-refractivity contribution in [3.05, 3.63) is 71.1 Å². The quantitative estimate of drug-likeness (QED) is 0.543. The second-order valence-corrected chi connectivity index (χ2v) is 9.12. The molecule has 0 bridgehead atoms. The van der Waals surface area contributed by atoms with E-state index in [1.54, 1.807) is 6.07 Å². The third-order valence-corrected chi connectivity index (χ3v) is 6.41. The number of rotatable bonds is 6. The molecule has 0 spiro atoms. The Hall–Kier alpha value is -3.36. The molecule has 3 heterocycles. The molecule has 3 aromatic rings. The van der Waals surface area contributed by atoms with Crippen molar-refractivity contribution in [3.8, 4) is 11.5 Å². The van der Waals surface area contributed by atoms with Crippen LogP contribution in [0.25, 0.3) is 0 Å². The molecular weight excluding hydrogens is 466 g/mol. The zero-order chi connectivity index (χ0) is 24.2. The first-order valence-corrected chi connectivity index (χ1v) is 12.2. The van der Waals surface area contributed by atoms with E-state index in [4.69, 9.17) is 26.1 Å². The van der Waals surface area contributed by atoms with Crippen LogP contribution < -0.4 is 15.0 Å². The molecule has 0 saturated carbocycles. The zero-order valence-corrected chi connectivity index (χ0v) is 20.4. The van der Waals surface area contributed by atoms with E-state index in [1.165, 1.54) is 0 Å². The molecule has 2 aliphatic heterocycles. The van der Waals surface area contributed by atoms with Crippen molar-refractivity contribution >= 4 is 29.0 Å². The number of amides is 1. The molecule has 0 aliphatic carbocycles. The Bertz CT molecular complexity index is 1200. The number of aromatic nitrogens is 2. The molecule has 1 amide bonds. The van der Waals surface area contributed by atoms with Gasteiger partial charge in [0.15, 0.2) is 0 Å². The lowest BCUT2D eigenvalue weighted by Gasteiger charge is -2.36. The number of morpholine rings is 1. The van der Waals surface area contributed by atoms with Crippen LogP contribution in [0.2, 0.25) is 5.02 Å². The van der Waals surface area contributed by atoms with Crippen LogP contribution in [-0.2, 0) is 9.53 Å². The van der Waals surface area contributed by atoms with Crippen LogP contribution in [0.4, 0.5) is 11.5 Å². The van der Waals surface area contributed by atoms with E-state index in [2.05, 4.69) is 15.2 Å². The zero-order valence-electron chi connectivity index (χ0n) is 19.6. The minimum absolute atomic E-state index is 0.0155. The van der Waals surface area contributed by atoms with Crippen molar-refractivity contribution in [2.75, 3.05) is 49.6 Å². The summed E-state index contributed by atoms with van der Waals surface area (Å²) in [4.78, 5) is 26.0. The van der Waals surface area contributed by atoms with Gasteiger partial charge in [-0.25, -0.2) is 9.97 Å². The van der Waals surface area contributed by atoms with Gasteiger partial charge in [0, 0.05) is 48.2 Å². The van der Waals surface area contributed by atoms with Crippen LogP contribution in [0.5, 0.6) is 11.5 Å². The maximum Gasteiger partial charge on any atom is 0.242 e. The molecule has 1 N–H and O–H groups in total. The Kier molecular flexibility index (Phi) is 7.01. The Morgan fingerprint density at radius 1 is 1.14 bits per heavy atom. The van der Waals surface area contributed by atoms with E-state index in [-0.39, 0.29) is 11.9 Å². The predicted octanol–water partition coefficient (Wildman–Crippen LogP) is 4.45. The van der Waals surface area contributed by atoms with Crippen LogP contribution in [0.3, 0.4) is 0 Å². The number of fused-ring (bicyclic) bond motifs is 1. The van der Waals surface area contributed by atoms with Gasteiger partial charge >= 0.3 is 0 Å². The monoisotopic (exact) mass is 493 g/mol. The number of benzene rings is 2. The number of carbonyl (C=O) groups excluding carboxylic acids is 1. The molecule has 0 radical (unpaired) electrons. The number of hydrogen-bond acceptors (Lipinski definition) is 7. The number of halogens is 1. The Labute approximate surface area is 209 Å². The summed E-state index contributed by atoms with van der Waals surface area (Å²) >= 11 is 6.08. The van der Waals surface area contributed by atoms with Gasteiger partial charge in [0.1, 0.15) is 23.1 Å². The van der Waals surface area contributed by atoms with Gasteiger partial charge in [-0.3, -0.25) is 4.79 Å². The van der Waals surface area contributed by atoms with Crippen molar-refractivity contribution in [3.63, 3.8) is 0 Å². The highest BCUT2D eigenvalue weighted by atomic mass is 35.5. The molecule has 8 nitrogen and oxygen atoms in total. The van der Waals surface area contributed by atoms with Gasteiger partial charge in [-0.05, 0) is 43.7 Å². The molecule has 1 atom stereocenters. The Balaban J connectivity index is 1.31. The number of aryl methyl sites for hydroxylation is 1. The topological polar surface area (TPSA) is 79.8 Å². The van der Waals surface area contributed by atoms with E-state index < -0.39 is 0 Å². The van der Waals surface area contributed by atoms with Crippen LogP contribution >= 0.6 is 11.6 Å². The summed E-state index contributed by atoms with van der Waals surface area (Å²) in [5.74, 6) is 3.00. The first-order valence-electron chi connectivity index (χ1n) is 11.8. The summed E-state index contributed by atoms with van der Waals surface area (Å²) in [5, 5.41) is 4.23. The number of nitrogens with one attached hydrogen (secondary N) is 1. The summed E-state index contributed by atoms with van der Waals surface area (Å²) in [6.07, 6.45) is 2.68. The molecule has 1 unspecified atom stereocenters. The second kappa shape index (κ2) is 10.5. The largest absolute Gasteiger partial charge is 0.457 e. The summed E-state index contributed by atoms with van der Waals surface area (Å²) in [6.45, 7) is 5.36. The van der Waals surface area contributed by atoms with E-state index >= 15 is 0 Å². The van der Waals surface area contributed by atoms with E-state index in [0.717, 1.165) is 30.0 Å². The first-order chi connectivity index (χ1) is 17.0. The molecule has 5 rings (SSSR count). The van der Waals surface area contributed by atoms with Crippen LogP contribution in [-0.4, -0.2) is 60.2 Å². The van der Waals surface area contributed by atoms with Crippen LogP contribution in [0.15, 0.2) is 54.7 Å². The second-order valence-electron chi connectivity index (χ2n) is 8.68. The fraction of sp³-hybridized carbons (Fsp3) is 0.346. The molecule has 182 valence electrons. The summed E-state index contributed by atoms with van der Waals surface area (Å²) in [5.41, 5.74) is 1.91. The third kappa shape index (κ3) is 5.66. The summed E-state index contributed by atoms with van der Waals surface area (Å²) < 4.78 is 11.4. The lowest BCUT2D eigenvalue weighted by molar-refractivity contribution is -0.133. The van der Waals surface area contributed by atoms with Gasteiger partial charge in [0.25, 0.3) is 0 Å². The smallest absolute Gasteiger partial charge is 0.242 e. The average molecular weight is 494 g/mol. The number of hydrogen-bond donors (Lipinski definition) is 1. The van der Waals surface area contributed by atoms with Gasteiger partial charge in [-0.15, -0.1) is 0 Å². The minimum atomic E-state index is 0.0155. The minimum Gasteiger partial charge on any atom is -0.457 e. The highest BCUT2D eigenvalue weighted by Gasteiger charge is 2.30. The average Bonchev–Trinajstić information content (AvgIpc) is 2.86. The standard InChI is InChI=1S/C26H28ClN5O3/c1-18-28-16-23-24(8-9-32(26(23)29-18)17-25(33)31-10-12-34-13-11-31)30-20-5-3-7-22(15-20)35-21-6-2-4-19(27)14-21/h2-7,14-16,24,30H,8-13,17H2,1H3. The van der Waals surface area contributed by atoms with Crippen LogP contribution in [0, 0.1) is 6.92 Å². The molecule has 2 aromatic carbocycles. The maximum absolute atomic E-state index is 12.9. The van der Waals surface area contributed by atoms with Gasteiger partial charge in [-0.2, -0.15) is 0 Å². The predicted molar refractivity (Wildman–Crippen MR) is 135 cm³/mol. The Morgan fingerprint density at radius 2 is 1.91 bits per heavy atom. The summed E-state index contributed by atoms with van der Waals surface area (Å²) in [7, 11) is 0. The van der Waals surface area contributed by atoms with Gasteiger partial charge in [0.2, 0.25) is 5.91 Å². The first kappa shape index (κ1) is 23.4. The lowest BCUT2D eigenvalue weighted by Crippen LogP contribution is -2.47. The number of nitrogens with zero attached hydrogens (tertiary/aromatic N) is 4. The molecule has 1 aromatic heterocycles. The maximum atomic E-state index is 12.9. The number of anilines is 2. The van der Waals surface area contributed by atoms with Gasteiger partial charge < -0.3 is 24.6 Å². The van der Waals surface area contributed by atoms with E-state index in [9.17, 15) is 4.79 Å². The van der Waals surface area contributed by atoms with Crippen molar-refractivity contribution < 1.29 is 14.3 Å². The molecular formula is C26H28ClN5O3. The van der Waals surface area contributed by atoms with Crippen molar-refractivity contribution in [1.82, 2.24) is 14.9 Å². The normalized spacial score (nSPS) is 17.6. The van der Waals surface area contributed by atoms with E-state index in [0.29, 0.717) is 55.2 Å². The summed E-state index contributed by atoms with van der Waals surface area (Å²) in [6, 6.07) is 15.2. The fourth-order valence-corrected chi connectivity index (χ4v) is 4.59. The molecule has 35 heavy (non-hydrogen) atoms. The molecule has 1 saturated heterocycles. The van der Waals surface area contributed by atoms with Crippen molar-refractivity contribution in [2.24, 2.45) is 0 Å². The molecule has 2 aliphatic rings. The number of carbonyl (C=O) groups is 1. The molecule has 1 fully saturated rings. The highest BCUT2D eigenvalue weighted by molar-refractivity contribution is 6.30. The van der Waals surface area contributed by atoms with Crippen LogP contribution in [0.1, 0.15) is 23.9 Å². The van der Waals surface area contributed by atoms with Crippen molar-refractivity contribution in [1.29, 1.82) is 0 Å². The highest BCUT2D eigenvalue weighted by Crippen LogP contribution is 2.35. The van der Waals surface area contributed by atoms with Crippen molar-refractivity contribution in [2.45, 2.75) is 19.4 Å². The third-order valence-electron chi connectivity index (χ3n) is 6.18. The fourth-order valence-electron chi connectivity index (χ4n) is 4.41. The number of ether oxygens (including phenoxy) is 2. The van der Waals surface area contributed by atoms with Gasteiger partial charge in [-0.1, -0.05) is 23.7 Å². The lowest BCUT2D eigenvalue weighted by atomic mass is 10.00.